The lowest BCUT2D eigenvalue weighted by Crippen LogP contribution is -2.49. The average Bonchev–Trinajstić information content (AvgIpc) is 2.69. The highest BCUT2D eigenvalue weighted by Crippen LogP contribution is 2.25. The van der Waals surface area contributed by atoms with Crippen LogP contribution in [0.4, 0.5) is 0 Å². The summed E-state index contributed by atoms with van der Waals surface area (Å²) in [6.07, 6.45) is 0. The SMILES string of the molecule is Cc1ccc(CN(C(=O)CSCc2ccc(Cl)c(Cl)c2)[C@H](C)C(=O)NC(C)C)cc1. The van der Waals surface area contributed by atoms with Crippen molar-refractivity contribution in [2.24, 2.45) is 0 Å². The van der Waals surface area contributed by atoms with Crippen molar-refractivity contribution in [3.63, 3.8) is 0 Å². The molecule has 0 fully saturated rings. The molecule has 7 heteroatoms. The number of halogens is 2. The predicted octanol–water partition coefficient (Wildman–Crippen LogP) is 5.48. The molecule has 0 aliphatic carbocycles. The molecule has 0 saturated heterocycles. The standard InChI is InChI=1S/C23H28Cl2N2O2S/c1-15(2)26-23(29)17(4)27(12-18-7-5-16(3)6-8-18)22(28)14-30-13-19-9-10-20(24)21(25)11-19/h5-11,15,17H,12-14H2,1-4H3,(H,26,29)/t17-/m1/s1. The zero-order valence-corrected chi connectivity index (χ0v) is 20.1. The van der Waals surface area contributed by atoms with E-state index in [1.807, 2.05) is 57.2 Å². The second-order valence-electron chi connectivity index (χ2n) is 7.59. The Balaban J connectivity index is 2.07. The third kappa shape index (κ3) is 7.53. The molecule has 0 radical (unpaired) electrons. The molecule has 1 N–H and O–H groups in total. The van der Waals surface area contributed by atoms with Gasteiger partial charge in [0, 0.05) is 18.3 Å². The molecule has 2 rings (SSSR count). The van der Waals surface area contributed by atoms with Crippen molar-refractivity contribution in [3.05, 3.63) is 69.2 Å². The molecule has 30 heavy (non-hydrogen) atoms. The number of hydrogen-bond donors (Lipinski definition) is 1. The van der Waals surface area contributed by atoms with Crippen molar-refractivity contribution in [1.82, 2.24) is 10.2 Å². The van der Waals surface area contributed by atoms with E-state index in [0.717, 1.165) is 16.7 Å². The minimum Gasteiger partial charge on any atom is -0.352 e. The number of carbonyl (C=O) groups excluding carboxylic acids is 2. The molecule has 4 nitrogen and oxygen atoms in total. The second kappa shape index (κ2) is 11.6. The molecule has 0 spiro atoms. The number of nitrogens with zero attached hydrogens (tertiary/aromatic N) is 1. The highest BCUT2D eigenvalue weighted by Gasteiger charge is 2.26. The summed E-state index contributed by atoms with van der Waals surface area (Å²) < 4.78 is 0. The summed E-state index contributed by atoms with van der Waals surface area (Å²) in [7, 11) is 0. The molecule has 0 aliphatic heterocycles. The smallest absolute Gasteiger partial charge is 0.242 e. The lowest BCUT2D eigenvalue weighted by atomic mass is 10.1. The van der Waals surface area contributed by atoms with Gasteiger partial charge in [-0.3, -0.25) is 9.59 Å². The molecule has 0 saturated carbocycles. The molecule has 0 heterocycles. The zero-order chi connectivity index (χ0) is 22.3. The summed E-state index contributed by atoms with van der Waals surface area (Å²) in [5, 5.41) is 3.91. The lowest BCUT2D eigenvalue weighted by molar-refractivity contribution is -0.138. The van der Waals surface area contributed by atoms with E-state index >= 15 is 0 Å². The van der Waals surface area contributed by atoms with Gasteiger partial charge in [-0.15, -0.1) is 11.8 Å². The van der Waals surface area contributed by atoms with Crippen LogP contribution in [-0.4, -0.2) is 34.6 Å². The Morgan fingerprint density at radius 3 is 2.23 bits per heavy atom. The number of benzene rings is 2. The molecule has 2 amide bonds. The minimum atomic E-state index is -0.563. The quantitative estimate of drug-likeness (QED) is 0.532. The normalized spacial score (nSPS) is 12.0. The molecular weight excluding hydrogens is 439 g/mol. The summed E-state index contributed by atoms with van der Waals surface area (Å²) in [6, 6.07) is 12.9. The lowest BCUT2D eigenvalue weighted by Gasteiger charge is -2.29. The van der Waals surface area contributed by atoms with Gasteiger partial charge >= 0.3 is 0 Å². The van der Waals surface area contributed by atoms with Crippen LogP contribution in [0, 0.1) is 6.92 Å². The first-order chi connectivity index (χ1) is 14.2. The number of amides is 2. The highest BCUT2D eigenvalue weighted by atomic mass is 35.5. The minimum absolute atomic E-state index is 0.0142. The van der Waals surface area contributed by atoms with Crippen LogP contribution in [0.25, 0.3) is 0 Å². The van der Waals surface area contributed by atoms with Crippen molar-refractivity contribution in [1.29, 1.82) is 0 Å². The van der Waals surface area contributed by atoms with Crippen molar-refractivity contribution in [2.45, 2.75) is 52.1 Å². The van der Waals surface area contributed by atoms with Gasteiger partial charge in [-0.1, -0.05) is 59.1 Å². The van der Waals surface area contributed by atoms with Gasteiger partial charge in [0.05, 0.1) is 15.8 Å². The topological polar surface area (TPSA) is 49.4 Å². The fourth-order valence-electron chi connectivity index (χ4n) is 2.85. The summed E-state index contributed by atoms with van der Waals surface area (Å²) >= 11 is 13.5. The molecule has 2 aromatic carbocycles. The Hall–Kier alpha value is -1.69. The number of hydrogen-bond acceptors (Lipinski definition) is 3. The van der Waals surface area contributed by atoms with Crippen molar-refractivity contribution in [3.8, 4) is 0 Å². The van der Waals surface area contributed by atoms with Gasteiger partial charge in [0.25, 0.3) is 0 Å². The van der Waals surface area contributed by atoms with E-state index in [-0.39, 0.29) is 23.6 Å². The largest absolute Gasteiger partial charge is 0.352 e. The molecule has 0 aromatic heterocycles. The Labute approximate surface area is 193 Å². The van der Waals surface area contributed by atoms with Crippen LogP contribution in [0.5, 0.6) is 0 Å². The molecule has 2 aromatic rings. The first-order valence-corrected chi connectivity index (χ1v) is 11.8. The zero-order valence-electron chi connectivity index (χ0n) is 17.7. The summed E-state index contributed by atoms with van der Waals surface area (Å²) in [6.45, 7) is 7.99. The maximum Gasteiger partial charge on any atom is 0.242 e. The van der Waals surface area contributed by atoms with E-state index in [2.05, 4.69) is 5.32 Å². The number of aryl methyl sites for hydroxylation is 1. The molecular formula is C23H28Cl2N2O2S. The van der Waals surface area contributed by atoms with Gasteiger partial charge < -0.3 is 10.2 Å². The van der Waals surface area contributed by atoms with Crippen LogP contribution in [0.3, 0.4) is 0 Å². The Morgan fingerprint density at radius 2 is 1.63 bits per heavy atom. The second-order valence-corrected chi connectivity index (χ2v) is 9.39. The van der Waals surface area contributed by atoms with Crippen LogP contribution < -0.4 is 5.32 Å². The molecule has 0 bridgehead atoms. The van der Waals surface area contributed by atoms with Crippen molar-refractivity contribution in [2.75, 3.05) is 5.75 Å². The maximum absolute atomic E-state index is 13.0. The van der Waals surface area contributed by atoms with Crippen molar-refractivity contribution >= 4 is 46.8 Å². The fourth-order valence-corrected chi connectivity index (χ4v) is 4.02. The van der Waals surface area contributed by atoms with E-state index < -0.39 is 6.04 Å². The van der Waals surface area contributed by atoms with Crippen LogP contribution in [-0.2, 0) is 21.9 Å². The van der Waals surface area contributed by atoms with E-state index in [1.165, 1.54) is 11.8 Å². The predicted molar refractivity (Wildman–Crippen MR) is 127 cm³/mol. The first kappa shape index (κ1) is 24.6. The Kier molecular flexibility index (Phi) is 9.53. The summed E-state index contributed by atoms with van der Waals surface area (Å²) in [5.41, 5.74) is 3.14. The van der Waals surface area contributed by atoms with E-state index in [9.17, 15) is 9.59 Å². The maximum atomic E-state index is 13.0. The van der Waals surface area contributed by atoms with E-state index in [4.69, 9.17) is 23.2 Å². The van der Waals surface area contributed by atoms with Gasteiger partial charge in [-0.25, -0.2) is 0 Å². The van der Waals surface area contributed by atoms with Crippen LogP contribution in [0.15, 0.2) is 42.5 Å². The number of thioether (sulfide) groups is 1. The number of rotatable bonds is 9. The first-order valence-electron chi connectivity index (χ1n) is 9.84. The van der Waals surface area contributed by atoms with Gasteiger partial charge in [-0.05, 0) is 51.0 Å². The number of nitrogens with one attached hydrogen (secondary N) is 1. The van der Waals surface area contributed by atoms with Crippen LogP contribution >= 0.6 is 35.0 Å². The highest BCUT2D eigenvalue weighted by molar-refractivity contribution is 7.99. The van der Waals surface area contributed by atoms with Crippen molar-refractivity contribution < 1.29 is 9.59 Å². The Bertz CT molecular complexity index is 872. The molecule has 1 atom stereocenters. The third-order valence-corrected chi connectivity index (χ3v) is 6.28. The van der Waals surface area contributed by atoms with Gasteiger partial charge in [0.15, 0.2) is 0 Å². The molecule has 0 unspecified atom stereocenters. The fraction of sp³-hybridized carbons (Fsp3) is 0.391. The number of carbonyl (C=O) groups is 2. The van der Waals surface area contributed by atoms with Gasteiger partial charge in [0.2, 0.25) is 11.8 Å². The van der Waals surface area contributed by atoms with Crippen LogP contribution in [0.2, 0.25) is 10.0 Å². The van der Waals surface area contributed by atoms with Gasteiger partial charge in [0.1, 0.15) is 6.04 Å². The third-order valence-electron chi connectivity index (χ3n) is 4.55. The molecule has 0 aliphatic rings. The van der Waals surface area contributed by atoms with E-state index in [0.29, 0.717) is 22.3 Å². The van der Waals surface area contributed by atoms with E-state index in [1.54, 1.807) is 17.9 Å². The summed E-state index contributed by atoms with van der Waals surface area (Å²) in [5.74, 6) is 0.672. The van der Waals surface area contributed by atoms with Gasteiger partial charge in [-0.2, -0.15) is 0 Å². The average molecular weight is 467 g/mol. The molecule has 162 valence electrons. The monoisotopic (exact) mass is 466 g/mol. The Morgan fingerprint density at radius 1 is 1.00 bits per heavy atom. The van der Waals surface area contributed by atoms with Crippen LogP contribution in [0.1, 0.15) is 37.5 Å². The summed E-state index contributed by atoms with van der Waals surface area (Å²) in [4.78, 5) is 27.2.